The number of nitrogens with zero attached hydrogens (tertiary/aromatic N) is 1. The normalized spacial score (nSPS) is 17.6. The molecule has 1 amide bonds. The van der Waals surface area contributed by atoms with Gasteiger partial charge in [0.25, 0.3) is 5.91 Å². The minimum atomic E-state index is 0.0313. The summed E-state index contributed by atoms with van der Waals surface area (Å²) in [4.78, 5) is 15.8. The van der Waals surface area contributed by atoms with Gasteiger partial charge in [-0.25, -0.2) is 0 Å². The van der Waals surface area contributed by atoms with Crippen LogP contribution in [-0.4, -0.2) is 48.8 Å². The minimum Gasteiger partial charge on any atom is -0.395 e. The lowest BCUT2D eigenvalue weighted by Gasteiger charge is -2.22. The zero-order chi connectivity index (χ0) is 14.5. The van der Waals surface area contributed by atoms with Gasteiger partial charge in [-0.3, -0.25) is 4.79 Å². The Morgan fingerprint density at radius 3 is 3.10 bits per heavy atom. The number of ether oxygens (including phenoxy) is 1. The van der Waals surface area contributed by atoms with Gasteiger partial charge < -0.3 is 14.7 Å². The van der Waals surface area contributed by atoms with Crippen molar-refractivity contribution in [2.45, 2.75) is 25.8 Å². The Balaban J connectivity index is 2.11. The fraction of sp³-hybridized carbons (Fsp3) is 0.533. The molecule has 2 rings (SSSR count). The first kappa shape index (κ1) is 15.0. The molecule has 0 aliphatic carbocycles. The van der Waals surface area contributed by atoms with Gasteiger partial charge in [0.1, 0.15) is 0 Å². The quantitative estimate of drug-likeness (QED) is 0.862. The molecule has 1 aromatic rings. The SMILES string of the molecule is Cc1cc(C(=O)N(C)C2CCOC2)sc1C#CCCO. The number of hydrogen-bond donors (Lipinski definition) is 1. The van der Waals surface area contributed by atoms with Crippen LogP contribution in [0.4, 0.5) is 0 Å². The van der Waals surface area contributed by atoms with Crippen LogP contribution in [0.1, 0.15) is 33.0 Å². The Morgan fingerprint density at radius 2 is 2.45 bits per heavy atom. The molecule has 0 aromatic carbocycles. The van der Waals surface area contributed by atoms with Crippen LogP contribution in [-0.2, 0) is 4.74 Å². The summed E-state index contributed by atoms with van der Waals surface area (Å²) >= 11 is 1.42. The van der Waals surface area contributed by atoms with E-state index in [1.54, 1.807) is 4.90 Å². The average Bonchev–Trinajstić information content (AvgIpc) is 3.08. The molecular weight excluding hydrogens is 274 g/mol. The van der Waals surface area contributed by atoms with Crippen LogP contribution >= 0.6 is 11.3 Å². The van der Waals surface area contributed by atoms with E-state index in [0.29, 0.717) is 17.9 Å². The molecule has 1 fully saturated rings. The van der Waals surface area contributed by atoms with Gasteiger partial charge in [0.2, 0.25) is 0 Å². The molecule has 2 heterocycles. The lowest BCUT2D eigenvalue weighted by molar-refractivity contribution is 0.0716. The topological polar surface area (TPSA) is 49.8 Å². The van der Waals surface area contributed by atoms with Gasteiger partial charge in [0, 0.05) is 20.1 Å². The summed E-state index contributed by atoms with van der Waals surface area (Å²) in [7, 11) is 1.83. The summed E-state index contributed by atoms with van der Waals surface area (Å²) < 4.78 is 5.32. The third-order valence-corrected chi connectivity index (χ3v) is 4.48. The maximum Gasteiger partial charge on any atom is 0.264 e. The predicted octanol–water partition coefficient (Wildman–Crippen LogP) is 1.65. The van der Waals surface area contributed by atoms with Crippen LogP contribution in [0.25, 0.3) is 0 Å². The molecule has 1 atom stereocenters. The molecule has 4 nitrogen and oxygen atoms in total. The van der Waals surface area contributed by atoms with Crippen molar-refractivity contribution in [1.29, 1.82) is 0 Å². The number of hydrogen-bond acceptors (Lipinski definition) is 4. The van der Waals surface area contributed by atoms with Gasteiger partial charge >= 0.3 is 0 Å². The third kappa shape index (κ3) is 3.40. The monoisotopic (exact) mass is 293 g/mol. The van der Waals surface area contributed by atoms with E-state index < -0.39 is 0 Å². The standard InChI is InChI=1S/C15H19NO3S/c1-11-9-14(20-13(11)5-3-4-7-17)15(18)16(2)12-6-8-19-10-12/h9,12,17H,4,6-8,10H2,1-2H3. The molecule has 1 aliphatic rings. The highest BCUT2D eigenvalue weighted by Crippen LogP contribution is 2.24. The summed E-state index contributed by atoms with van der Waals surface area (Å²) in [6.45, 7) is 3.36. The van der Waals surface area contributed by atoms with E-state index in [9.17, 15) is 4.79 Å². The van der Waals surface area contributed by atoms with Gasteiger partial charge in [-0.2, -0.15) is 0 Å². The van der Waals surface area contributed by atoms with Crippen molar-refractivity contribution in [1.82, 2.24) is 4.90 Å². The number of aliphatic hydroxyl groups excluding tert-OH is 1. The first-order valence-electron chi connectivity index (χ1n) is 6.68. The van der Waals surface area contributed by atoms with E-state index in [1.807, 2.05) is 20.0 Å². The van der Waals surface area contributed by atoms with E-state index in [0.717, 1.165) is 23.5 Å². The van der Waals surface area contributed by atoms with E-state index in [1.165, 1.54) is 11.3 Å². The smallest absolute Gasteiger partial charge is 0.264 e. The fourth-order valence-electron chi connectivity index (χ4n) is 2.08. The first-order chi connectivity index (χ1) is 9.63. The molecule has 20 heavy (non-hydrogen) atoms. The molecule has 1 aromatic heterocycles. The molecule has 1 unspecified atom stereocenters. The van der Waals surface area contributed by atoms with Gasteiger partial charge in [-0.05, 0) is 25.0 Å². The van der Waals surface area contributed by atoms with Crippen LogP contribution in [0.2, 0.25) is 0 Å². The summed E-state index contributed by atoms with van der Waals surface area (Å²) in [5, 5.41) is 8.73. The number of rotatable bonds is 3. The number of carbonyl (C=O) groups is 1. The van der Waals surface area contributed by atoms with Crippen LogP contribution in [0.15, 0.2) is 6.07 Å². The number of amides is 1. The molecule has 0 bridgehead atoms. The number of carbonyl (C=O) groups excluding carboxylic acids is 1. The molecule has 108 valence electrons. The van der Waals surface area contributed by atoms with Crippen molar-refractivity contribution in [3.05, 3.63) is 21.4 Å². The molecule has 1 N–H and O–H groups in total. The second-order valence-electron chi connectivity index (χ2n) is 4.83. The molecule has 0 spiro atoms. The summed E-state index contributed by atoms with van der Waals surface area (Å²) in [5.74, 6) is 5.94. The molecule has 1 aliphatic heterocycles. The van der Waals surface area contributed by atoms with Crippen molar-refractivity contribution in [3.8, 4) is 11.8 Å². The van der Waals surface area contributed by atoms with Crippen LogP contribution in [0, 0.1) is 18.8 Å². The Kier molecular flexibility index (Phi) is 5.18. The molecule has 0 saturated carbocycles. The van der Waals surface area contributed by atoms with E-state index >= 15 is 0 Å². The zero-order valence-electron chi connectivity index (χ0n) is 11.8. The first-order valence-corrected chi connectivity index (χ1v) is 7.50. The summed E-state index contributed by atoms with van der Waals surface area (Å²) in [6, 6.07) is 2.07. The number of likely N-dealkylation sites (N-methyl/N-ethyl adjacent to an activating group) is 1. The Hall–Kier alpha value is -1.35. The van der Waals surface area contributed by atoms with Crippen LogP contribution in [0.5, 0.6) is 0 Å². The van der Waals surface area contributed by atoms with Gasteiger partial charge in [0.15, 0.2) is 0 Å². The summed E-state index contributed by atoms with van der Waals surface area (Å²) in [6.07, 6.45) is 1.36. The largest absolute Gasteiger partial charge is 0.395 e. The second-order valence-corrected chi connectivity index (χ2v) is 5.88. The highest BCUT2D eigenvalue weighted by atomic mass is 32.1. The third-order valence-electron chi connectivity index (χ3n) is 3.34. The molecule has 1 saturated heterocycles. The average molecular weight is 293 g/mol. The lowest BCUT2D eigenvalue weighted by Crippen LogP contribution is -2.36. The predicted molar refractivity (Wildman–Crippen MR) is 79.0 cm³/mol. The summed E-state index contributed by atoms with van der Waals surface area (Å²) in [5.41, 5.74) is 1.01. The molecule has 0 radical (unpaired) electrons. The van der Waals surface area contributed by atoms with Crippen molar-refractivity contribution in [2.24, 2.45) is 0 Å². The zero-order valence-corrected chi connectivity index (χ0v) is 12.6. The molecular formula is C15H19NO3S. The van der Waals surface area contributed by atoms with E-state index in [2.05, 4.69) is 11.8 Å². The second kappa shape index (κ2) is 6.89. The van der Waals surface area contributed by atoms with E-state index in [4.69, 9.17) is 9.84 Å². The number of aliphatic hydroxyl groups is 1. The maximum absolute atomic E-state index is 12.4. The van der Waals surface area contributed by atoms with Crippen molar-refractivity contribution < 1.29 is 14.6 Å². The van der Waals surface area contributed by atoms with Gasteiger partial charge in [0.05, 0.1) is 29.0 Å². The highest BCUT2D eigenvalue weighted by molar-refractivity contribution is 7.14. The number of thiophene rings is 1. The Morgan fingerprint density at radius 1 is 1.65 bits per heavy atom. The van der Waals surface area contributed by atoms with Crippen molar-refractivity contribution in [2.75, 3.05) is 26.9 Å². The Labute approximate surface area is 123 Å². The van der Waals surface area contributed by atoms with Crippen molar-refractivity contribution in [3.63, 3.8) is 0 Å². The lowest BCUT2D eigenvalue weighted by atomic mass is 10.2. The van der Waals surface area contributed by atoms with Gasteiger partial charge in [-0.15, -0.1) is 11.3 Å². The minimum absolute atomic E-state index is 0.0313. The Bertz CT molecular complexity index is 535. The fourth-order valence-corrected chi connectivity index (χ4v) is 3.11. The highest BCUT2D eigenvalue weighted by Gasteiger charge is 2.26. The van der Waals surface area contributed by atoms with E-state index in [-0.39, 0.29) is 18.6 Å². The van der Waals surface area contributed by atoms with Crippen LogP contribution in [0.3, 0.4) is 0 Å². The maximum atomic E-state index is 12.4. The number of aryl methyl sites for hydroxylation is 1. The van der Waals surface area contributed by atoms with Crippen LogP contribution < -0.4 is 0 Å². The molecule has 5 heteroatoms. The van der Waals surface area contributed by atoms with Crippen molar-refractivity contribution >= 4 is 17.2 Å². The van der Waals surface area contributed by atoms with Gasteiger partial charge in [-0.1, -0.05) is 11.8 Å².